The van der Waals surface area contributed by atoms with Gasteiger partial charge in [-0.2, -0.15) is 5.10 Å². The third-order valence-corrected chi connectivity index (χ3v) is 4.32. The zero-order valence-corrected chi connectivity index (χ0v) is 15.5. The van der Waals surface area contributed by atoms with Crippen molar-refractivity contribution in [2.75, 3.05) is 20.6 Å². The molecule has 0 bridgehead atoms. The van der Waals surface area contributed by atoms with Gasteiger partial charge < -0.3 is 10.2 Å². The maximum atomic E-state index is 4.36. The highest BCUT2D eigenvalue weighted by Crippen LogP contribution is 2.17. The van der Waals surface area contributed by atoms with Gasteiger partial charge in [-0.25, -0.2) is 0 Å². The van der Waals surface area contributed by atoms with Crippen molar-refractivity contribution >= 4 is 21.9 Å². The summed E-state index contributed by atoms with van der Waals surface area (Å²) < 4.78 is 3.10. The van der Waals surface area contributed by atoms with Gasteiger partial charge in [0.2, 0.25) is 0 Å². The maximum absolute atomic E-state index is 4.36. The topological polar surface area (TPSA) is 45.5 Å². The molecule has 0 aliphatic rings. The van der Waals surface area contributed by atoms with Crippen molar-refractivity contribution in [2.45, 2.75) is 26.4 Å². The summed E-state index contributed by atoms with van der Waals surface area (Å²) >= 11 is 3.59. The summed E-state index contributed by atoms with van der Waals surface area (Å²) in [7, 11) is 3.86. The first kappa shape index (κ1) is 17.5. The van der Waals surface area contributed by atoms with E-state index in [0.29, 0.717) is 0 Å². The monoisotopic (exact) mass is 377 g/mol. The predicted octanol–water partition coefficient (Wildman–Crippen LogP) is 3.05. The second-order valence-corrected chi connectivity index (χ2v) is 6.41. The lowest BCUT2D eigenvalue weighted by Crippen LogP contribution is -2.39. The molecule has 2 rings (SSSR count). The van der Waals surface area contributed by atoms with Crippen molar-refractivity contribution in [1.29, 1.82) is 0 Å². The highest BCUT2D eigenvalue weighted by atomic mass is 79.9. The van der Waals surface area contributed by atoms with Gasteiger partial charge in [0.05, 0.1) is 6.20 Å². The van der Waals surface area contributed by atoms with Gasteiger partial charge >= 0.3 is 0 Å². The third kappa shape index (κ3) is 5.39. The van der Waals surface area contributed by atoms with Crippen molar-refractivity contribution in [3.63, 3.8) is 0 Å². The largest absolute Gasteiger partial charge is 0.356 e. The minimum Gasteiger partial charge on any atom is -0.356 e. The SMILES string of the molecule is CN=C(NCCCn1cc(C)cn1)N(C)Cc1ccccc1Br. The summed E-state index contributed by atoms with van der Waals surface area (Å²) in [4.78, 5) is 6.48. The molecule has 0 atom stereocenters. The Kier molecular flexibility index (Phi) is 6.65. The molecule has 0 aliphatic carbocycles. The molecule has 1 aromatic heterocycles. The lowest BCUT2D eigenvalue weighted by molar-refractivity contribution is 0.470. The number of hydrogen-bond donors (Lipinski definition) is 1. The Morgan fingerprint density at radius 1 is 1.39 bits per heavy atom. The average Bonchev–Trinajstić information content (AvgIpc) is 2.95. The molecule has 0 radical (unpaired) electrons. The van der Waals surface area contributed by atoms with Gasteiger partial charge in [0.15, 0.2) is 5.96 Å². The number of benzene rings is 1. The van der Waals surface area contributed by atoms with Crippen LogP contribution < -0.4 is 5.32 Å². The smallest absolute Gasteiger partial charge is 0.193 e. The van der Waals surface area contributed by atoms with Crippen LogP contribution in [0.15, 0.2) is 46.1 Å². The highest BCUT2D eigenvalue weighted by Gasteiger charge is 2.08. The molecule has 1 heterocycles. The maximum Gasteiger partial charge on any atom is 0.193 e. The van der Waals surface area contributed by atoms with Crippen LogP contribution in [0.5, 0.6) is 0 Å². The fourth-order valence-corrected chi connectivity index (χ4v) is 2.78. The van der Waals surface area contributed by atoms with Crippen LogP contribution in [0.1, 0.15) is 17.5 Å². The fraction of sp³-hybridized carbons (Fsp3) is 0.412. The molecule has 0 saturated heterocycles. The Labute approximate surface area is 146 Å². The van der Waals surface area contributed by atoms with E-state index < -0.39 is 0 Å². The lowest BCUT2D eigenvalue weighted by Gasteiger charge is -2.22. The predicted molar refractivity (Wildman–Crippen MR) is 98.6 cm³/mol. The number of rotatable bonds is 6. The van der Waals surface area contributed by atoms with Gasteiger partial charge in [0.25, 0.3) is 0 Å². The van der Waals surface area contributed by atoms with Crippen LogP contribution in [-0.4, -0.2) is 41.3 Å². The average molecular weight is 378 g/mol. The van der Waals surface area contributed by atoms with Crippen LogP contribution in [0, 0.1) is 6.92 Å². The van der Waals surface area contributed by atoms with Gasteiger partial charge in [-0.1, -0.05) is 34.1 Å². The normalized spacial score (nSPS) is 11.6. The third-order valence-electron chi connectivity index (χ3n) is 3.55. The number of aromatic nitrogens is 2. The molecular formula is C17H24BrN5. The summed E-state index contributed by atoms with van der Waals surface area (Å²) in [5.41, 5.74) is 2.44. The minimum absolute atomic E-state index is 0.805. The number of nitrogens with one attached hydrogen (secondary N) is 1. The molecule has 0 unspecified atom stereocenters. The van der Waals surface area contributed by atoms with E-state index in [-0.39, 0.29) is 0 Å². The lowest BCUT2D eigenvalue weighted by atomic mass is 10.2. The molecule has 23 heavy (non-hydrogen) atoms. The molecule has 0 spiro atoms. The van der Waals surface area contributed by atoms with E-state index >= 15 is 0 Å². The van der Waals surface area contributed by atoms with E-state index in [2.05, 4.69) is 67.6 Å². The Morgan fingerprint density at radius 2 is 2.17 bits per heavy atom. The van der Waals surface area contributed by atoms with E-state index in [9.17, 15) is 0 Å². The second-order valence-electron chi connectivity index (χ2n) is 5.56. The summed E-state index contributed by atoms with van der Waals surface area (Å²) in [6.45, 7) is 4.64. The van der Waals surface area contributed by atoms with Crippen molar-refractivity contribution in [3.05, 3.63) is 52.3 Å². The molecular weight excluding hydrogens is 354 g/mol. The van der Waals surface area contributed by atoms with Gasteiger partial charge in [0.1, 0.15) is 0 Å². The zero-order valence-electron chi connectivity index (χ0n) is 14.0. The number of guanidine groups is 1. The molecule has 0 fully saturated rings. The second kappa shape index (κ2) is 8.72. The Morgan fingerprint density at radius 3 is 2.83 bits per heavy atom. The quantitative estimate of drug-likeness (QED) is 0.478. The number of nitrogens with zero attached hydrogens (tertiary/aromatic N) is 4. The summed E-state index contributed by atoms with van der Waals surface area (Å²) in [6, 6.07) is 8.26. The van der Waals surface area contributed by atoms with E-state index in [4.69, 9.17) is 0 Å². The van der Waals surface area contributed by atoms with Gasteiger partial charge in [-0.15, -0.1) is 0 Å². The van der Waals surface area contributed by atoms with Crippen LogP contribution in [0.4, 0.5) is 0 Å². The summed E-state index contributed by atoms with van der Waals surface area (Å²) in [6.07, 6.45) is 4.95. The van der Waals surface area contributed by atoms with Crippen LogP contribution in [0.3, 0.4) is 0 Å². The van der Waals surface area contributed by atoms with Crippen molar-refractivity contribution in [3.8, 4) is 0 Å². The first-order valence-corrected chi connectivity index (χ1v) is 8.53. The summed E-state index contributed by atoms with van der Waals surface area (Å²) in [5.74, 6) is 0.900. The van der Waals surface area contributed by atoms with Crippen molar-refractivity contribution < 1.29 is 0 Å². The van der Waals surface area contributed by atoms with Crippen LogP contribution in [0.2, 0.25) is 0 Å². The molecule has 0 saturated carbocycles. The standard InChI is InChI=1S/C17H24BrN5/c1-14-11-21-23(12-14)10-6-9-20-17(19-2)22(3)13-15-7-4-5-8-16(15)18/h4-5,7-8,11-12H,6,9-10,13H2,1-3H3,(H,19,20). The zero-order chi connectivity index (χ0) is 16.7. The van der Waals surface area contributed by atoms with E-state index in [1.54, 1.807) is 0 Å². The molecule has 2 aromatic rings. The van der Waals surface area contributed by atoms with Crippen molar-refractivity contribution in [1.82, 2.24) is 20.0 Å². The van der Waals surface area contributed by atoms with Gasteiger partial charge in [0, 0.05) is 44.4 Å². The Hall–Kier alpha value is -1.82. The Bertz CT molecular complexity index is 650. The minimum atomic E-state index is 0.805. The molecule has 6 heteroatoms. The van der Waals surface area contributed by atoms with Crippen LogP contribution in [-0.2, 0) is 13.1 Å². The number of aryl methyl sites for hydroxylation is 2. The Balaban J connectivity index is 1.79. The van der Waals surface area contributed by atoms with Gasteiger partial charge in [-0.05, 0) is 30.5 Å². The first-order valence-electron chi connectivity index (χ1n) is 7.74. The highest BCUT2D eigenvalue weighted by molar-refractivity contribution is 9.10. The number of halogens is 1. The van der Waals surface area contributed by atoms with Crippen molar-refractivity contribution in [2.24, 2.45) is 4.99 Å². The molecule has 5 nitrogen and oxygen atoms in total. The van der Waals surface area contributed by atoms with Crippen LogP contribution in [0.25, 0.3) is 0 Å². The molecule has 124 valence electrons. The molecule has 1 aromatic carbocycles. The van der Waals surface area contributed by atoms with E-state index in [0.717, 1.165) is 36.5 Å². The first-order chi connectivity index (χ1) is 11.1. The van der Waals surface area contributed by atoms with E-state index in [1.807, 2.05) is 31.0 Å². The van der Waals surface area contributed by atoms with Crippen LogP contribution >= 0.6 is 15.9 Å². The fourth-order valence-electron chi connectivity index (χ4n) is 2.37. The van der Waals surface area contributed by atoms with Gasteiger partial charge in [-0.3, -0.25) is 9.67 Å². The molecule has 0 amide bonds. The van der Waals surface area contributed by atoms with E-state index in [1.165, 1.54) is 11.1 Å². The summed E-state index contributed by atoms with van der Waals surface area (Å²) in [5, 5.41) is 7.70. The number of aliphatic imine (C=N–C) groups is 1. The number of hydrogen-bond acceptors (Lipinski definition) is 2. The molecule has 0 aliphatic heterocycles. The molecule has 1 N–H and O–H groups in total.